The van der Waals surface area contributed by atoms with E-state index in [0.717, 1.165) is 16.3 Å². The summed E-state index contributed by atoms with van der Waals surface area (Å²) in [7, 11) is 3.30. The van der Waals surface area contributed by atoms with Crippen LogP contribution in [0.2, 0.25) is 0 Å². The van der Waals surface area contributed by atoms with Crippen LogP contribution >= 0.6 is 0 Å². The Morgan fingerprint density at radius 1 is 1.35 bits per heavy atom. The number of pyridine rings is 1. The van der Waals surface area contributed by atoms with Crippen LogP contribution in [-0.2, 0) is 7.05 Å². The van der Waals surface area contributed by atoms with Crippen LogP contribution in [0.15, 0.2) is 33.8 Å². The lowest BCUT2D eigenvalue weighted by atomic mass is 10.1. The Balaban J connectivity index is 2.59. The fraction of sp³-hybridized carbons (Fsp3) is 0.167. The van der Waals surface area contributed by atoms with E-state index in [1.807, 2.05) is 18.2 Å². The first kappa shape index (κ1) is 9.89. The number of hydrogen-bond acceptors (Lipinski definition) is 4. The fourth-order valence-corrected chi connectivity index (χ4v) is 1.99. The Kier molecular flexibility index (Phi) is 1.95. The SMILES string of the molecule is COc1ccc2c3conc3c(=O)n(C)c2c1. The van der Waals surface area contributed by atoms with Gasteiger partial charge in [-0.3, -0.25) is 4.79 Å². The van der Waals surface area contributed by atoms with E-state index in [9.17, 15) is 4.79 Å². The van der Waals surface area contributed by atoms with Gasteiger partial charge in [0.05, 0.1) is 18.0 Å². The number of benzene rings is 1. The van der Waals surface area contributed by atoms with Gasteiger partial charge >= 0.3 is 0 Å². The second kappa shape index (κ2) is 3.35. The zero-order valence-corrected chi connectivity index (χ0v) is 9.43. The predicted molar refractivity (Wildman–Crippen MR) is 63.3 cm³/mol. The summed E-state index contributed by atoms with van der Waals surface area (Å²) in [5.74, 6) is 0.711. The molecule has 0 fully saturated rings. The normalized spacial score (nSPS) is 11.2. The minimum absolute atomic E-state index is 0.172. The van der Waals surface area contributed by atoms with Gasteiger partial charge in [0.15, 0.2) is 5.52 Å². The Morgan fingerprint density at radius 2 is 2.18 bits per heavy atom. The molecule has 3 aromatic rings. The van der Waals surface area contributed by atoms with Crippen LogP contribution in [-0.4, -0.2) is 16.8 Å². The van der Waals surface area contributed by atoms with Crippen LogP contribution in [0.3, 0.4) is 0 Å². The smallest absolute Gasteiger partial charge is 0.280 e. The number of methoxy groups -OCH3 is 1. The minimum Gasteiger partial charge on any atom is -0.497 e. The topological polar surface area (TPSA) is 57.3 Å². The van der Waals surface area contributed by atoms with Gasteiger partial charge in [0.25, 0.3) is 5.56 Å². The average Bonchev–Trinajstić information content (AvgIpc) is 2.84. The van der Waals surface area contributed by atoms with Crippen LogP contribution < -0.4 is 10.3 Å². The van der Waals surface area contributed by atoms with Gasteiger partial charge < -0.3 is 13.8 Å². The summed E-state index contributed by atoms with van der Waals surface area (Å²) in [6.45, 7) is 0. The number of ether oxygens (including phenoxy) is 1. The molecule has 0 radical (unpaired) electrons. The van der Waals surface area contributed by atoms with Gasteiger partial charge in [0, 0.05) is 18.5 Å². The van der Waals surface area contributed by atoms with Crippen LogP contribution in [0.1, 0.15) is 0 Å². The van der Waals surface area contributed by atoms with Crippen molar-refractivity contribution in [3.8, 4) is 5.75 Å². The van der Waals surface area contributed by atoms with Gasteiger partial charge in [0.1, 0.15) is 12.0 Å². The van der Waals surface area contributed by atoms with Gasteiger partial charge in [-0.2, -0.15) is 0 Å². The zero-order valence-electron chi connectivity index (χ0n) is 9.43. The van der Waals surface area contributed by atoms with Crippen molar-refractivity contribution < 1.29 is 9.26 Å². The van der Waals surface area contributed by atoms with Crippen molar-refractivity contribution in [1.82, 2.24) is 9.72 Å². The van der Waals surface area contributed by atoms with E-state index >= 15 is 0 Å². The van der Waals surface area contributed by atoms with Gasteiger partial charge in [-0.15, -0.1) is 0 Å². The van der Waals surface area contributed by atoms with Crippen LogP contribution in [0.4, 0.5) is 0 Å². The van der Waals surface area contributed by atoms with Gasteiger partial charge in [-0.1, -0.05) is 5.16 Å². The van der Waals surface area contributed by atoms with E-state index < -0.39 is 0 Å². The monoisotopic (exact) mass is 230 g/mol. The largest absolute Gasteiger partial charge is 0.497 e. The Labute approximate surface area is 96.2 Å². The van der Waals surface area contributed by atoms with Crippen molar-refractivity contribution in [2.24, 2.45) is 7.05 Å². The van der Waals surface area contributed by atoms with Crippen molar-refractivity contribution in [3.63, 3.8) is 0 Å². The standard InChI is InChI=1S/C12H10N2O3/c1-14-10-5-7(16-2)3-4-8(10)9-6-17-13-11(9)12(14)15/h3-6H,1-2H3. The third kappa shape index (κ3) is 1.25. The summed E-state index contributed by atoms with van der Waals surface area (Å²) < 4.78 is 11.6. The van der Waals surface area contributed by atoms with Crippen molar-refractivity contribution in [2.75, 3.05) is 7.11 Å². The molecule has 2 heterocycles. The molecule has 0 aliphatic rings. The van der Waals surface area contributed by atoms with Gasteiger partial charge in [-0.25, -0.2) is 0 Å². The molecule has 0 saturated carbocycles. The molecule has 0 N–H and O–H groups in total. The molecule has 0 saturated heterocycles. The molecule has 0 spiro atoms. The quantitative estimate of drug-likeness (QED) is 0.638. The molecule has 0 aliphatic heterocycles. The molecule has 0 amide bonds. The Morgan fingerprint density at radius 3 is 2.94 bits per heavy atom. The molecule has 86 valence electrons. The van der Waals surface area contributed by atoms with E-state index in [-0.39, 0.29) is 5.56 Å². The predicted octanol–water partition coefficient (Wildman–Crippen LogP) is 1.69. The zero-order chi connectivity index (χ0) is 12.0. The minimum atomic E-state index is -0.172. The first-order valence-electron chi connectivity index (χ1n) is 5.13. The molecule has 5 heteroatoms. The highest BCUT2D eigenvalue weighted by atomic mass is 16.5. The van der Waals surface area contributed by atoms with Crippen molar-refractivity contribution in [1.29, 1.82) is 0 Å². The second-order valence-electron chi connectivity index (χ2n) is 3.82. The van der Waals surface area contributed by atoms with E-state index in [4.69, 9.17) is 9.26 Å². The molecular formula is C12H10N2O3. The fourth-order valence-electron chi connectivity index (χ4n) is 1.99. The molecular weight excluding hydrogens is 220 g/mol. The lowest BCUT2D eigenvalue weighted by molar-refractivity contribution is 0.415. The third-order valence-electron chi connectivity index (χ3n) is 2.93. The van der Waals surface area contributed by atoms with E-state index in [2.05, 4.69) is 5.16 Å². The molecule has 5 nitrogen and oxygen atoms in total. The number of hydrogen-bond donors (Lipinski definition) is 0. The van der Waals surface area contributed by atoms with Gasteiger partial charge in [-0.05, 0) is 12.1 Å². The Hall–Kier alpha value is -2.30. The summed E-state index contributed by atoms with van der Waals surface area (Å²) in [4.78, 5) is 12.0. The summed E-state index contributed by atoms with van der Waals surface area (Å²) in [5, 5.41) is 5.38. The van der Waals surface area contributed by atoms with Crippen LogP contribution in [0, 0.1) is 0 Å². The van der Waals surface area contributed by atoms with Crippen LogP contribution in [0.25, 0.3) is 21.8 Å². The van der Waals surface area contributed by atoms with E-state index in [1.165, 1.54) is 6.26 Å². The number of fused-ring (bicyclic) bond motifs is 3. The molecule has 1 aromatic carbocycles. The van der Waals surface area contributed by atoms with Crippen molar-refractivity contribution in [2.45, 2.75) is 0 Å². The average molecular weight is 230 g/mol. The molecule has 3 rings (SSSR count). The molecule has 0 bridgehead atoms. The molecule has 17 heavy (non-hydrogen) atoms. The maximum absolute atomic E-state index is 12.0. The first-order chi connectivity index (χ1) is 8.22. The molecule has 0 atom stereocenters. The van der Waals surface area contributed by atoms with E-state index in [0.29, 0.717) is 11.3 Å². The highest BCUT2D eigenvalue weighted by Gasteiger charge is 2.12. The highest BCUT2D eigenvalue weighted by Crippen LogP contribution is 2.25. The Bertz CT molecular complexity index is 770. The van der Waals surface area contributed by atoms with E-state index in [1.54, 1.807) is 18.7 Å². The summed E-state index contributed by atoms with van der Waals surface area (Å²) in [6, 6.07) is 5.57. The van der Waals surface area contributed by atoms with Crippen LogP contribution in [0.5, 0.6) is 5.75 Å². The number of nitrogens with zero attached hydrogens (tertiary/aromatic N) is 2. The van der Waals surface area contributed by atoms with Crippen molar-refractivity contribution >= 4 is 21.8 Å². The lowest BCUT2D eigenvalue weighted by Crippen LogP contribution is -2.17. The van der Waals surface area contributed by atoms with Crippen molar-refractivity contribution in [3.05, 3.63) is 34.8 Å². The molecule has 0 unspecified atom stereocenters. The summed E-state index contributed by atoms with van der Waals surface area (Å²) >= 11 is 0. The third-order valence-corrected chi connectivity index (χ3v) is 2.93. The second-order valence-corrected chi connectivity index (χ2v) is 3.82. The maximum Gasteiger partial charge on any atom is 0.280 e. The first-order valence-corrected chi connectivity index (χ1v) is 5.13. The molecule has 2 aromatic heterocycles. The number of rotatable bonds is 1. The summed E-state index contributed by atoms with van der Waals surface area (Å²) in [5.41, 5.74) is 0.977. The maximum atomic E-state index is 12.0. The number of aromatic nitrogens is 2. The summed E-state index contributed by atoms with van der Waals surface area (Å²) in [6.07, 6.45) is 1.49. The lowest BCUT2D eigenvalue weighted by Gasteiger charge is -2.07. The highest BCUT2D eigenvalue weighted by molar-refractivity contribution is 6.03. The van der Waals surface area contributed by atoms with Gasteiger partial charge in [0.2, 0.25) is 0 Å². The number of aryl methyl sites for hydroxylation is 1. The molecule has 0 aliphatic carbocycles.